The van der Waals surface area contributed by atoms with Crippen LogP contribution in [0.2, 0.25) is 0 Å². The van der Waals surface area contributed by atoms with Gasteiger partial charge in [-0.2, -0.15) is 0 Å². The Kier molecular flexibility index (Phi) is 6.19. The summed E-state index contributed by atoms with van der Waals surface area (Å²) in [5.41, 5.74) is 2.00. The van der Waals surface area contributed by atoms with Crippen LogP contribution in [-0.4, -0.2) is 69.1 Å². The Balaban J connectivity index is 1.79. The number of hydrogen-bond acceptors (Lipinski definition) is 6. The predicted molar refractivity (Wildman–Crippen MR) is 124 cm³/mol. The van der Waals surface area contributed by atoms with Crippen molar-refractivity contribution in [2.75, 3.05) is 46.3 Å². The number of benzene rings is 2. The van der Waals surface area contributed by atoms with Gasteiger partial charge in [-0.1, -0.05) is 30.3 Å². The van der Waals surface area contributed by atoms with Gasteiger partial charge >= 0.3 is 0 Å². The Morgan fingerprint density at radius 1 is 0.938 bits per heavy atom. The molecular formula is C25H29N3O4. The zero-order valence-corrected chi connectivity index (χ0v) is 19.0. The number of anilines is 1. The molecule has 2 aromatic rings. The molecule has 0 saturated carbocycles. The highest BCUT2D eigenvalue weighted by Crippen LogP contribution is 2.40. The van der Waals surface area contributed by atoms with Gasteiger partial charge in [0.15, 0.2) is 0 Å². The van der Waals surface area contributed by atoms with Crippen LogP contribution in [0.15, 0.2) is 54.2 Å². The summed E-state index contributed by atoms with van der Waals surface area (Å²) in [7, 11) is 7.10. The summed E-state index contributed by atoms with van der Waals surface area (Å²) in [6.45, 7) is 1.92. The van der Waals surface area contributed by atoms with Gasteiger partial charge in [-0.15, -0.1) is 0 Å². The molecular weight excluding hydrogens is 406 g/mol. The monoisotopic (exact) mass is 435 g/mol. The third kappa shape index (κ3) is 3.84. The minimum atomic E-state index is -0.348. The van der Waals surface area contributed by atoms with E-state index in [-0.39, 0.29) is 17.9 Å². The SMILES string of the molecule is COc1ccc(N2C(=O)C(c3ccccc3)=C(N(C)C3CCN(C)CC3)C2=O)c(OC)c1. The second-order valence-electron chi connectivity index (χ2n) is 8.22. The number of rotatable bonds is 6. The molecule has 0 spiro atoms. The number of carbonyl (C=O) groups is 2. The third-order valence-electron chi connectivity index (χ3n) is 6.34. The van der Waals surface area contributed by atoms with Crippen molar-refractivity contribution >= 4 is 23.1 Å². The van der Waals surface area contributed by atoms with Crippen LogP contribution in [0.25, 0.3) is 5.57 Å². The van der Waals surface area contributed by atoms with Gasteiger partial charge in [0.2, 0.25) is 0 Å². The highest BCUT2D eigenvalue weighted by molar-refractivity contribution is 6.45. The second kappa shape index (κ2) is 9.04. The molecule has 7 nitrogen and oxygen atoms in total. The van der Waals surface area contributed by atoms with Crippen LogP contribution in [0.4, 0.5) is 5.69 Å². The smallest absolute Gasteiger partial charge is 0.282 e. The zero-order valence-electron chi connectivity index (χ0n) is 19.0. The minimum Gasteiger partial charge on any atom is -0.497 e. The number of ether oxygens (including phenoxy) is 2. The van der Waals surface area contributed by atoms with Gasteiger partial charge in [0.1, 0.15) is 17.2 Å². The molecule has 32 heavy (non-hydrogen) atoms. The summed E-state index contributed by atoms with van der Waals surface area (Å²) in [4.78, 5) is 33.0. The standard InChI is InChI=1S/C25H29N3O4/c1-26-14-12-18(13-15-26)27(2)23-22(17-8-6-5-7-9-17)24(29)28(25(23)30)20-11-10-19(31-3)16-21(20)32-4/h5-11,16,18H,12-15H2,1-4H3. The fraction of sp³-hybridized carbons (Fsp3) is 0.360. The Morgan fingerprint density at radius 3 is 2.25 bits per heavy atom. The van der Waals surface area contributed by atoms with Crippen LogP contribution in [0, 0.1) is 0 Å². The number of carbonyl (C=O) groups excluding carboxylic acids is 2. The summed E-state index contributed by atoms with van der Waals surface area (Å²) >= 11 is 0. The summed E-state index contributed by atoms with van der Waals surface area (Å²) in [5.74, 6) is 0.310. The third-order valence-corrected chi connectivity index (χ3v) is 6.34. The molecule has 0 bridgehead atoms. The molecule has 0 radical (unpaired) electrons. The van der Waals surface area contributed by atoms with Gasteiger partial charge in [-0.25, -0.2) is 4.90 Å². The summed E-state index contributed by atoms with van der Waals surface area (Å²) < 4.78 is 10.8. The predicted octanol–water partition coefficient (Wildman–Crippen LogP) is 3.01. The Labute approximate surface area is 188 Å². The Morgan fingerprint density at radius 2 is 1.62 bits per heavy atom. The number of likely N-dealkylation sites (tertiary alicyclic amines) is 1. The number of methoxy groups -OCH3 is 2. The lowest BCUT2D eigenvalue weighted by Gasteiger charge is -2.36. The van der Waals surface area contributed by atoms with Crippen molar-refractivity contribution in [2.24, 2.45) is 0 Å². The number of nitrogens with zero attached hydrogens (tertiary/aromatic N) is 3. The molecule has 2 aliphatic rings. The van der Waals surface area contributed by atoms with Crippen molar-refractivity contribution in [3.8, 4) is 11.5 Å². The van der Waals surface area contributed by atoms with Crippen molar-refractivity contribution in [1.82, 2.24) is 9.80 Å². The van der Waals surface area contributed by atoms with Gasteiger partial charge < -0.3 is 19.3 Å². The molecule has 2 heterocycles. The van der Waals surface area contributed by atoms with E-state index in [2.05, 4.69) is 11.9 Å². The molecule has 2 aromatic carbocycles. The van der Waals surface area contributed by atoms with E-state index in [9.17, 15) is 9.59 Å². The maximum atomic E-state index is 13.8. The van der Waals surface area contributed by atoms with Crippen LogP contribution in [0.5, 0.6) is 11.5 Å². The molecule has 0 atom stereocenters. The maximum absolute atomic E-state index is 13.8. The van der Waals surface area contributed by atoms with Crippen molar-refractivity contribution in [3.63, 3.8) is 0 Å². The summed E-state index contributed by atoms with van der Waals surface area (Å²) in [6, 6.07) is 14.7. The molecule has 4 rings (SSSR count). The molecule has 2 amide bonds. The van der Waals surface area contributed by atoms with Gasteiger partial charge in [-0.3, -0.25) is 9.59 Å². The van der Waals surface area contributed by atoms with Crippen LogP contribution < -0.4 is 14.4 Å². The zero-order chi connectivity index (χ0) is 22.8. The van der Waals surface area contributed by atoms with Gasteiger partial charge in [0.25, 0.3) is 11.8 Å². The van der Waals surface area contributed by atoms with Gasteiger partial charge in [0, 0.05) is 19.2 Å². The minimum absolute atomic E-state index is 0.189. The number of likely N-dealkylation sites (N-methyl/N-ethyl adjacent to an activating group) is 1. The lowest BCUT2D eigenvalue weighted by molar-refractivity contribution is -0.120. The first-order valence-electron chi connectivity index (χ1n) is 10.8. The quantitative estimate of drug-likeness (QED) is 0.650. The van der Waals surface area contributed by atoms with Crippen LogP contribution >= 0.6 is 0 Å². The maximum Gasteiger partial charge on any atom is 0.282 e. The second-order valence-corrected chi connectivity index (χ2v) is 8.22. The summed E-state index contributed by atoms with van der Waals surface area (Å²) in [6.07, 6.45) is 1.87. The van der Waals surface area contributed by atoms with E-state index >= 15 is 0 Å². The molecule has 7 heteroatoms. The number of imide groups is 1. The Hall–Kier alpha value is -3.32. The van der Waals surface area contributed by atoms with Gasteiger partial charge in [-0.05, 0) is 50.7 Å². The number of piperidine rings is 1. The van der Waals surface area contributed by atoms with Crippen LogP contribution in [0.3, 0.4) is 0 Å². The van der Waals surface area contributed by atoms with E-state index in [0.29, 0.717) is 28.5 Å². The average Bonchev–Trinajstić information content (AvgIpc) is 3.08. The van der Waals surface area contributed by atoms with Crippen molar-refractivity contribution in [2.45, 2.75) is 18.9 Å². The van der Waals surface area contributed by atoms with Crippen molar-refractivity contribution in [1.29, 1.82) is 0 Å². The average molecular weight is 436 g/mol. The van der Waals surface area contributed by atoms with Gasteiger partial charge in [0.05, 0.1) is 25.5 Å². The normalized spacial score (nSPS) is 17.8. The van der Waals surface area contributed by atoms with Crippen molar-refractivity contribution < 1.29 is 19.1 Å². The number of hydrogen-bond donors (Lipinski definition) is 0. The molecule has 0 N–H and O–H groups in total. The van der Waals surface area contributed by atoms with Crippen molar-refractivity contribution in [3.05, 3.63) is 59.8 Å². The van der Waals surface area contributed by atoms with E-state index in [1.807, 2.05) is 42.3 Å². The van der Waals surface area contributed by atoms with E-state index < -0.39 is 0 Å². The van der Waals surface area contributed by atoms with E-state index in [1.54, 1.807) is 25.3 Å². The molecule has 2 aliphatic heterocycles. The first-order valence-corrected chi connectivity index (χ1v) is 10.8. The molecule has 168 valence electrons. The first-order chi connectivity index (χ1) is 15.5. The highest BCUT2D eigenvalue weighted by atomic mass is 16.5. The van der Waals surface area contributed by atoms with E-state index in [1.165, 1.54) is 12.0 Å². The lowest BCUT2D eigenvalue weighted by Crippen LogP contribution is -2.43. The topological polar surface area (TPSA) is 62.3 Å². The largest absolute Gasteiger partial charge is 0.497 e. The first kappa shape index (κ1) is 21.9. The highest BCUT2D eigenvalue weighted by Gasteiger charge is 2.44. The molecule has 0 aliphatic carbocycles. The van der Waals surface area contributed by atoms with Crippen LogP contribution in [0.1, 0.15) is 18.4 Å². The fourth-order valence-electron chi connectivity index (χ4n) is 4.46. The van der Waals surface area contributed by atoms with E-state index in [4.69, 9.17) is 9.47 Å². The molecule has 0 aromatic heterocycles. The van der Waals surface area contributed by atoms with Crippen LogP contribution in [-0.2, 0) is 9.59 Å². The molecule has 1 saturated heterocycles. The molecule has 0 unspecified atom stereocenters. The lowest BCUT2D eigenvalue weighted by atomic mass is 10.0. The molecule has 1 fully saturated rings. The number of amides is 2. The Bertz CT molecular complexity index is 1040. The fourth-order valence-corrected chi connectivity index (χ4v) is 4.46. The van der Waals surface area contributed by atoms with E-state index in [0.717, 1.165) is 31.5 Å². The summed E-state index contributed by atoms with van der Waals surface area (Å²) in [5, 5.41) is 0.